The van der Waals surface area contributed by atoms with E-state index in [-0.39, 0.29) is 6.04 Å². The molecule has 0 aromatic heterocycles. The van der Waals surface area contributed by atoms with Gasteiger partial charge in [0.25, 0.3) is 5.76 Å². The molecule has 0 saturated carbocycles. The maximum atomic E-state index is 12.3. The highest BCUT2D eigenvalue weighted by Crippen LogP contribution is 2.37. The maximum Gasteiger partial charge on any atom is 0.288 e. The minimum Gasteiger partial charge on any atom is -0.324 e. The topological polar surface area (TPSA) is 26.0 Å². The average Bonchev–Trinajstić information content (AvgIpc) is 2.81. The number of halogens is 2. The van der Waals surface area contributed by atoms with Gasteiger partial charge in [-0.25, -0.2) is 0 Å². The van der Waals surface area contributed by atoms with Crippen molar-refractivity contribution in [3.8, 4) is 11.1 Å². The van der Waals surface area contributed by atoms with Crippen molar-refractivity contribution in [3.63, 3.8) is 0 Å². The van der Waals surface area contributed by atoms with Crippen molar-refractivity contribution in [2.75, 3.05) is 0 Å². The smallest absolute Gasteiger partial charge is 0.288 e. The molecule has 0 amide bonds. The van der Waals surface area contributed by atoms with E-state index in [4.69, 9.17) is 5.73 Å². The summed E-state index contributed by atoms with van der Waals surface area (Å²) in [6, 6.07) is 13.6. The normalized spacial score (nSPS) is 17.5. The third-order valence-electron chi connectivity index (χ3n) is 3.71. The molecule has 1 unspecified atom stereocenters. The summed E-state index contributed by atoms with van der Waals surface area (Å²) in [6.45, 7) is 0. The van der Waals surface area contributed by atoms with Gasteiger partial charge in [0.05, 0.1) is 0 Å². The fourth-order valence-corrected chi connectivity index (χ4v) is 3.27. The number of hydrogen-bond acceptors (Lipinski definition) is 2. The van der Waals surface area contributed by atoms with E-state index in [1.807, 2.05) is 18.2 Å². The third-order valence-corrected chi connectivity index (χ3v) is 4.43. The number of alkyl halides is 2. The molecule has 0 fully saturated rings. The molecule has 1 atom stereocenters. The standard InChI is InChI=1S/C16H15F2NS/c17-16(18)20-11-6-4-10(5-7-11)12-2-1-3-14-13(12)8-9-15(14)19/h1-7,15-16H,8-9,19H2. The molecule has 0 spiro atoms. The van der Waals surface area contributed by atoms with Crippen molar-refractivity contribution < 1.29 is 8.78 Å². The molecule has 0 radical (unpaired) electrons. The summed E-state index contributed by atoms with van der Waals surface area (Å²) in [5.74, 6) is -2.38. The van der Waals surface area contributed by atoms with Gasteiger partial charge < -0.3 is 5.73 Å². The monoisotopic (exact) mass is 291 g/mol. The Morgan fingerprint density at radius 1 is 1.10 bits per heavy atom. The summed E-state index contributed by atoms with van der Waals surface area (Å²) in [6.07, 6.45) is 1.96. The molecule has 4 heteroatoms. The summed E-state index contributed by atoms with van der Waals surface area (Å²) in [4.78, 5) is 0.591. The predicted octanol–water partition coefficient (Wildman–Crippen LogP) is 4.61. The molecule has 1 aliphatic rings. The molecule has 20 heavy (non-hydrogen) atoms. The molecule has 2 N–H and O–H groups in total. The van der Waals surface area contributed by atoms with Gasteiger partial charge in [0.1, 0.15) is 0 Å². The van der Waals surface area contributed by atoms with Gasteiger partial charge in [0.2, 0.25) is 0 Å². The zero-order valence-electron chi connectivity index (χ0n) is 10.9. The number of nitrogens with two attached hydrogens (primary N) is 1. The number of fused-ring (bicyclic) bond motifs is 1. The predicted molar refractivity (Wildman–Crippen MR) is 79.0 cm³/mol. The van der Waals surface area contributed by atoms with Crippen LogP contribution in [0.5, 0.6) is 0 Å². The third kappa shape index (κ3) is 2.58. The molecule has 0 saturated heterocycles. The van der Waals surface area contributed by atoms with Gasteiger partial charge in [-0.3, -0.25) is 0 Å². The van der Waals surface area contributed by atoms with E-state index in [2.05, 4.69) is 12.1 Å². The lowest BCUT2D eigenvalue weighted by atomic mass is 9.96. The van der Waals surface area contributed by atoms with Crippen LogP contribution in [0, 0.1) is 0 Å². The van der Waals surface area contributed by atoms with Crippen LogP contribution in [0.2, 0.25) is 0 Å². The Morgan fingerprint density at radius 2 is 1.85 bits per heavy atom. The van der Waals surface area contributed by atoms with Crippen molar-refractivity contribution in [2.24, 2.45) is 5.73 Å². The Kier molecular flexibility index (Phi) is 3.76. The van der Waals surface area contributed by atoms with Gasteiger partial charge in [0, 0.05) is 10.9 Å². The molecule has 0 aliphatic heterocycles. The lowest BCUT2D eigenvalue weighted by molar-refractivity contribution is 0.252. The Labute approximate surface area is 121 Å². The van der Waals surface area contributed by atoms with Crippen molar-refractivity contribution in [3.05, 3.63) is 53.6 Å². The first-order chi connectivity index (χ1) is 9.65. The molecule has 1 nitrogen and oxygen atoms in total. The molecular weight excluding hydrogens is 276 g/mol. The molecule has 1 aliphatic carbocycles. The molecule has 0 heterocycles. The zero-order valence-corrected chi connectivity index (χ0v) is 11.7. The molecule has 2 aromatic carbocycles. The lowest BCUT2D eigenvalue weighted by Crippen LogP contribution is -2.04. The average molecular weight is 291 g/mol. The van der Waals surface area contributed by atoms with E-state index in [0.717, 1.165) is 18.4 Å². The van der Waals surface area contributed by atoms with E-state index in [0.29, 0.717) is 16.7 Å². The number of hydrogen-bond donors (Lipinski definition) is 1. The van der Waals surface area contributed by atoms with Crippen LogP contribution < -0.4 is 5.73 Å². The molecule has 2 aromatic rings. The number of thioether (sulfide) groups is 1. The van der Waals surface area contributed by atoms with Crippen LogP contribution in [-0.4, -0.2) is 5.76 Å². The van der Waals surface area contributed by atoms with Crippen LogP contribution in [-0.2, 0) is 6.42 Å². The second kappa shape index (κ2) is 5.54. The largest absolute Gasteiger partial charge is 0.324 e. The van der Waals surface area contributed by atoms with E-state index in [9.17, 15) is 8.78 Å². The number of rotatable bonds is 3. The van der Waals surface area contributed by atoms with E-state index in [1.54, 1.807) is 12.1 Å². The van der Waals surface area contributed by atoms with Gasteiger partial charge in [-0.2, -0.15) is 8.78 Å². The van der Waals surface area contributed by atoms with Crippen molar-refractivity contribution >= 4 is 11.8 Å². The van der Waals surface area contributed by atoms with Crippen LogP contribution in [0.4, 0.5) is 8.78 Å². The van der Waals surface area contributed by atoms with Gasteiger partial charge >= 0.3 is 0 Å². The first kappa shape index (κ1) is 13.6. The van der Waals surface area contributed by atoms with Gasteiger partial charge in [-0.05, 0) is 47.2 Å². The Balaban J connectivity index is 1.94. The van der Waals surface area contributed by atoms with E-state index >= 15 is 0 Å². The summed E-state index contributed by atoms with van der Waals surface area (Å²) in [5, 5.41) is 0. The first-order valence-corrected chi connectivity index (χ1v) is 7.46. The summed E-state index contributed by atoms with van der Waals surface area (Å²) in [5.41, 5.74) is 10.8. The quantitative estimate of drug-likeness (QED) is 0.835. The second-order valence-electron chi connectivity index (χ2n) is 4.92. The van der Waals surface area contributed by atoms with Crippen molar-refractivity contribution in [1.29, 1.82) is 0 Å². The van der Waals surface area contributed by atoms with Crippen LogP contribution in [0.1, 0.15) is 23.6 Å². The Bertz CT molecular complexity index is 610. The zero-order chi connectivity index (χ0) is 14.1. The highest BCUT2D eigenvalue weighted by atomic mass is 32.2. The fraction of sp³-hybridized carbons (Fsp3) is 0.250. The molecule has 3 rings (SSSR count). The Hall–Kier alpha value is -1.39. The first-order valence-electron chi connectivity index (χ1n) is 6.58. The van der Waals surface area contributed by atoms with Crippen molar-refractivity contribution in [2.45, 2.75) is 29.5 Å². The minimum absolute atomic E-state index is 0.124. The highest BCUT2D eigenvalue weighted by molar-refractivity contribution is 7.99. The fourth-order valence-electron chi connectivity index (χ4n) is 2.77. The van der Waals surface area contributed by atoms with E-state index in [1.165, 1.54) is 16.7 Å². The summed E-state index contributed by atoms with van der Waals surface area (Å²) in [7, 11) is 0. The van der Waals surface area contributed by atoms with E-state index < -0.39 is 5.76 Å². The summed E-state index contributed by atoms with van der Waals surface area (Å²) < 4.78 is 24.6. The van der Waals surface area contributed by atoms with Crippen LogP contribution in [0.3, 0.4) is 0 Å². The molecule has 104 valence electrons. The SMILES string of the molecule is NC1CCc2c(-c3ccc(SC(F)F)cc3)cccc21. The highest BCUT2D eigenvalue weighted by Gasteiger charge is 2.21. The van der Waals surface area contributed by atoms with Gasteiger partial charge in [-0.1, -0.05) is 42.1 Å². The van der Waals surface area contributed by atoms with Crippen LogP contribution in [0.15, 0.2) is 47.4 Å². The number of benzene rings is 2. The maximum absolute atomic E-state index is 12.3. The Morgan fingerprint density at radius 3 is 2.55 bits per heavy atom. The van der Waals surface area contributed by atoms with Gasteiger partial charge in [-0.15, -0.1) is 0 Å². The molecular formula is C16H15F2NS. The van der Waals surface area contributed by atoms with Crippen LogP contribution >= 0.6 is 11.8 Å². The lowest BCUT2D eigenvalue weighted by Gasteiger charge is -2.10. The van der Waals surface area contributed by atoms with Crippen molar-refractivity contribution in [1.82, 2.24) is 0 Å². The second-order valence-corrected chi connectivity index (χ2v) is 5.98. The summed E-state index contributed by atoms with van der Waals surface area (Å²) >= 11 is 0.575. The van der Waals surface area contributed by atoms with Crippen LogP contribution in [0.25, 0.3) is 11.1 Å². The molecule has 0 bridgehead atoms. The van der Waals surface area contributed by atoms with Gasteiger partial charge in [0.15, 0.2) is 0 Å². The minimum atomic E-state index is -2.38.